The Kier molecular flexibility index (Phi) is 6.53. The minimum absolute atomic E-state index is 0.402. The molecule has 1 N–H and O–H groups in total. The lowest BCUT2D eigenvalue weighted by Crippen LogP contribution is -2.31. The first-order valence-corrected chi connectivity index (χ1v) is 10.8. The Morgan fingerprint density at radius 2 is 1.93 bits per heavy atom. The first-order valence-electron chi connectivity index (χ1n) is 10.4. The molecule has 0 saturated carbocycles. The van der Waals surface area contributed by atoms with E-state index in [0.29, 0.717) is 11.6 Å². The van der Waals surface area contributed by atoms with Crippen LogP contribution in [0.1, 0.15) is 48.4 Å². The summed E-state index contributed by atoms with van der Waals surface area (Å²) in [6.07, 6.45) is 5.87. The van der Waals surface area contributed by atoms with Crippen LogP contribution in [0, 0.1) is 0 Å². The molecule has 29 heavy (non-hydrogen) atoms. The average molecular weight is 411 g/mol. The Bertz CT molecular complexity index is 890. The van der Waals surface area contributed by atoms with Crippen molar-refractivity contribution in [3.63, 3.8) is 0 Å². The van der Waals surface area contributed by atoms with Crippen LogP contribution in [0.25, 0.3) is 11.5 Å². The van der Waals surface area contributed by atoms with Gasteiger partial charge < -0.3 is 19.7 Å². The number of fused-ring (bicyclic) bond motifs is 1. The summed E-state index contributed by atoms with van der Waals surface area (Å²) in [6, 6.07) is 15.2. The molecule has 0 radical (unpaired) electrons. The van der Waals surface area contributed by atoms with Crippen molar-refractivity contribution >= 4 is 29.3 Å². The SMILES string of the molecule is O=CC1NC(c2cccc(Cl)c2)=C(OCCCN2CCCCC2)c2ccccc21. The van der Waals surface area contributed by atoms with Gasteiger partial charge in [0.15, 0.2) is 5.76 Å². The maximum Gasteiger partial charge on any atom is 0.150 e. The molecule has 1 saturated heterocycles. The predicted molar refractivity (Wildman–Crippen MR) is 118 cm³/mol. The minimum Gasteiger partial charge on any atom is -0.491 e. The maximum atomic E-state index is 11.8. The molecule has 152 valence electrons. The highest BCUT2D eigenvalue weighted by Crippen LogP contribution is 2.36. The number of benzene rings is 2. The maximum absolute atomic E-state index is 11.8. The smallest absolute Gasteiger partial charge is 0.150 e. The number of carbonyl (C=O) groups is 1. The second-order valence-electron chi connectivity index (χ2n) is 7.66. The zero-order chi connectivity index (χ0) is 20.1. The molecule has 0 amide bonds. The molecule has 4 rings (SSSR count). The van der Waals surface area contributed by atoms with Gasteiger partial charge in [0, 0.05) is 22.7 Å². The standard InChI is InChI=1S/C24H27ClN2O2/c25-19-9-6-8-18(16-19)23-24(29-15-7-14-27-12-4-1-5-13-27)21-11-3-2-10-20(21)22(17-28)26-23/h2-3,6,8-11,16-17,22,26H,1,4-5,7,12-15H2. The van der Waals surface area contributed by atoms with E-state index in [4.69, 9.17) is 16.3 Å². The summed E-state index contributed by atoms with van der Waals surface area (Å²) in [4.78, 5) is 14.3. The summed E-state index contributed by atoms with van der Waals surface area (Å²) >= 11 is 6.23. The van der Waals surface area contributed by atoms with Crippen LogP contribution in [0.3, 0.4) is 0 Å². The van der Waals surface area contributed by atoms with Gasteiger partial charge in [-0.05, 0) is 50.0 Å². The van der Waals surface area contributed by atoms with Crippen LogP contribution < -0.4 is 5.32 Å². The number of hydrogen-bond donors (Lipinski definition) is 1. The third-order valence-corrected chi connectivity index (χ3v) is 5.87. The molecular weight excluding hydrogens is 384 g/mol. The highest BCUT2D eigenvalue weighted by atomic mass is 35.5. The monoisotopic (exact) mass is 410 g/mol. The van der Waals surface area contributed by atoms with E-state index in [1.54, 1.807) is 0 Å². The van der Waals surface area contributed by atoms with E-state index in [2.05, 4.69) is 10.2 Å². The van der Waals surface area contributed by atoms with Crippen molar-refractivity contribution in [1.82, 2.24) is 10.2 Å². The average Bonchev–Trinajstić information content (AvgIpc) is 2.77. The van der Waals surface area contributed by atoms with Crippen LogP contribution in [0.2, 0.25) is 5.02 Å². The van der Waals surface area contributed by atoms with E-state index in [1.165, 1.54) is 32.4 Å². The molecule has 5 heteroatoms. The summed E-state index contributed by atoms with van der Waals surface area (Å²) in [5, 5.41) is 4.02. The molecule has 1 unspecified atom stereocenters. The summed E-state index contributed by atoms with van der Waals surface area (Å²) < 4.78 is 6.33. The zero-order valence-electron chi connectivity index (χ0n) is 16.6. The molecule has 1 atom stereocenters. The molecule has 0 bridgehead atoms. The summed E-state index contributed by atoms with van der Waals surface area (Å²) in [7, 11) is 0. The van der Waals surface area contributed by atoms with Gasteiger partial charge in [-0.3, -0.25) is 0 Å². The lowest BCUT2D eigenvalue weighted by molar-refractivity contribution is -0.109. The van der Waals surface area contributed by atoms with Gasteiger partial charge in [0.25, 0.3) is 0 Å². The summed E-state index contributed by atoms with van der Waals surface area (Å²) in [5.74, 6) is 0.791. The number of rotatable bonds is 7. The number of nitrogens with one attached hydrogen (secondary N) is 1. The van der Waals surface area contributed by atoms with Crippen LogP contribution in [-0.2, 0) is 9.53 Å². The van der Waals surface area contributed by atoms with E-state index < -0.39 is 6.04 Å². The van der Waals surface area contributed by atoms with Crippen molar-refractivity contribution < 1.29 is 9.53 Å². The Balaban J connectivity index is 1.58. The molecule has 0 aromatic heterocycles. The Morgan fingerprint density at radius 1 is 1.10 bits per heavy atom. The number of halogens is 1. The zero-order valence-corrected chi connectivity index (χ0v) is 17.3. The highest BCUT2D eigenvalue weighted by Gasteiger charge is 2.27. The molecule has 4 nitrogen and oxygen atoms in total. The molecule has 2 aromatic carbocycles. The Hall–Kier alpha value is -2.30. The first-order chi connectivity index (χ1) is 14.3. The van der Waals surface area contributed by atoms with Crippen LogP contribution >= 0.6 is 11.6 Å². The van der Waals surface area contributed by atoms with Crippen molar-refractivity contribution in [2.24, 2.45) is 0 Å². The van der Waals surface area contributed by atoms with Gasteiger partial charge in [-0.1, -0.05) is 54.4 Å². The van der Waals surface area contributed by atoms with Crippen molar-refractivity contribution in [3.05, 3.63) is 70.2 Å². The molecule has 2 heterocycles. The number of aldehydes is 1. The van der Waals surface area contributed by atoms with Crippen molar-refractivity contribution in [2.45, 2.75) is 31.7 Å². The molecule has 1 fully saturated rings. The third kappa shape index (κ3) is 4.65. The molecule has 2 aromatic rings. The second-order valence-corrected chi connectivity index (χ2v) is 8.10. The fourth-order valence-corrected chi connectivity index (χ4v) is 4.36. The lowest BCUT2D eigenvalue weighted by atomic mass is 9.93. The minimum atomic E-state index is -0.402. The van der Waals surface area contributed by atoms with Gasteiger partial charge >= 0.3 is 0 Å². The van der Waals surface area contributed by atoms with Crippen LogP contribution in [0.15, 0.2) is 48.5 Å². The molecule has 2 aliphatic rings. The summed E-state index contributed by atoms with van der Waals surface area (Å²) in [5.41, 5.74) is 3.65. The summed E-state index contributed by atoms with van der Waals surface area (Å²) in [6.45, 7) is 4.09. The fraction of sp³-hybridized carbons (Fsp3) is 0.375. The van der Waals surface area contributed by atoms with Gasteiger partial charge in [0.2, 0.25) is 0 Å². The number of hydrogen-bond acceptors (Lipinski definition) is 4. The molecular formula is C24H27ClN2O2. The van der Waals surface area contributed by atoms with E-state index in [0.717, 1.165) is 47.4 Å². The molecule has 0 spiro atoms. The van der Waals surface area contributed by atoms with Gasteiger partial charge in [-0.15, -0.1) is 0 Å². The van der Waals surface area contributed by atoms with Crippen LogP contribution in [0.5, 0.6) is 0 Å². The number of ether oxygens (including phenoxy) is 1. The number of nitrogens with zero attached hydrogens (tertiary/aromatic N) is 1. The quantitative estimate of drug-likeness (QED) is 0.520. The first kappa shape index (κ1) is 20.0. The normalized spacial score (nSPS) is 19.4. The second kappa shape index (κ2) is 9.47. The highest BCUT2D eigenvalue weighted by molar-refractivity contribution is 6.30. The largest absolute Gasteiger partial charge is 0.491 e. The van der Waals surface area contributed by atoms with E-state index >= 15 is 0 Å². The van der Waals surface area contributed by atoms with Gasteiger partial charge in [-0.2, -0.15) is 0 Å². The molecule has 0 aliphatic carbocycles. The van der Waals surface area contributed by atoms with Crippen molar-refractivity contribution in [2.75, 3.05) is 26.2 Å². The van der Waals surface area contributed by atoms with E-state index in [1.807, 2.05) is 48.5 Å². The van der Waals surface area contributed by atoms with Crippen LogP contribution in [0.4, 0.5) is 0 Å². The van der Waals surface area contributed by atoms with Gasteiger partial charge in [-0.25, -0.2) is 0 Å². The van der Waals surface area contributed by atoms with E-state index in [-0.39, 0.29) is 0 Å². The Morgan fingerprint density at radius 3 is 2.72 bits per heavy atom. The number of piperidine rings is 1. The number of likely N-dealkylation sites (tertiary alicyclic amines) is 1. The topological polar surface area (TPSA) is 41.6 Å². The lowest BCUT2D eigenvalue weighted by Gasteiger charge is -2.30. The van der Waals surface area contributed by atoms with Crippen molar-refractivity contribution in [1.29, 1.82) is 0 Å². The predicted octanol–water partition coefficient (Wildman–Crippen LogP) is 4.90. The van der Waals surface area contributed by atoms with Crippen LogP contribution in [-0.4, -0.2) is 37.4 Å². The van der Waals surface area contributed by atoms with E-state index in [9.17, 15) is 4.79 Å². The van der Waals surface area contributed by atoms with Gasteiger partial charge in [0.05, 0.1) is 12.3 Å². The Labute approximate surface area is 177 Å². The third-order valence-electron chi connectivity index (χ3n) is 5.63. The van der Waals surface area contributed by atoms with Crippen molar-refractivity contribution in [3.8, 4) is 0 Å². The number of carbonyl (C=O) groups excluding carboxylic acids is 1. The fourth-order valence-electron chi connectivity index (χ4n) is 4.17. The van der Waals surface area contributed by atoms with Gasteiger partial charge in [0.1, 0.15) is 12.3 Å². The molecule has 2 aliphatic heterocycles.